The van der Waals surface area contributed by atoms with E-state index in [0.29, 0.717) is 12.7 Å². The van der Waals surface area contributed by atoms with Gasteiger partial charge >= 0.3 is 0 Å². The van der Waals surface area contributed by atoms with Crippen molar-refractivity contribution in [1.29, 1.82) is 0 Å². The molecule has 0 saturated carbocycles. The van der Waals surface area contributed by atoms with E-state index < -0.39 is 0 Å². The molecule has 7 heteroatoms. The molecule has 1 aliphatic heterocycles. The van der Waals surface area contributed by atoms with Crippen LogP contribution in [0.2, 0.25) is 0 Å². The Morgan fingerprint density at radius 2 is 2.03 bits per heavy atom. The standard InChI is InChI=1S/C22H33N3O4/c1-27-18-9-12-25(22(16-18)28-2)13-11-23-10-3-4-14-29-19-6-7-20-17(15-19)5-8-21(26)24-20/h5-8,15,18,22-23H,3-4,9-14,16H2,1-2H3,(H,24,26). The highest BCUT2D eigenvalue weighted by atomic mass is 16.5. The molecule has 0 spiro atoms. The summed E-state index contributed by atoms with van der Waals surface area (Å²) >= 11 is 0. The minimum Gasteiger partial charge on any atom is -0.494 e. The van der Waals surface area contributed by atoms with Crippen LogP contribution < -0.4 is 15.6 Å². The monoisotopic (exact) mass is 403 g/mol. The minimum atomic E-state index is -0.0872. The number of methoxy groups -OCH3 is 2. The van der Waals surface area contributed by atoms with Crippen LogP contribution >= 0.6 is 0 Å². The van der Waals surface area contributed by atoms with Gasteiger partial charge in [0.1, 0.15) is 12.0 Å². The largest absolute Gasteiger partial charge is 0.494 e. The van der Waals surface area contributed by atoms with Crippen molar-refractivity contribution in [3.8, 4) is 5.75 Å². The van der Waals surface area contributed by atoms with E-state index in [1.165, 1.54) is 6.07 Å². The van der Waals surface area contributed by atoms with Crippen LogP contribution in [0.5, 0.6) is 5.75 Å². The van der Waals surface area contributed by atoms with Crippen LogP contribution in [-0.2, 0) is 9.47 Å². The Labute approximate surface area is 172 Å². The second-order valence-corrected chi connectivity index (χ2v) is 7.49. The van der Waals surface area contributed by atoms with Gasteiger partial charge in [0.15, 0.2) is 0 Å². The average molecular weight is 404 g/mol. The van der Waals surface area contributed by atoms with Gasteiger partial charge in [-0.1, -0.05) is 0 Å². The third-order valence-corrected chi connectivity index (χ3v) is 5.50. The van der Waals surface area contributed by atoms with Gasteiger partial charge in [0, 0.05) is 57.2 Å². The molecule has 2 atom stereocenters. The van der Waals surface area contributed by atoms with Crippen molar-refractivity contribution in [2.45, 2.75) is 38.0 Å². The minimum absolute atomic E-state index is 0.0872. The first-order valence-corrected chi connectivity index (χ1v) is 10.5. The number of H-pyrrole nitrogens is 1. The number of hydrogen-bond donors (Lipinski definition) is 2. The average Bonchev–Trinajstić information content (AvgIpc) is 2.75. The first-order valence-electron chi connectivity index (χ1n) is 10.5. The second kappa shape index (κ2) is 11.3. The fraction of sp³-hybridized carbons (Fsp3) is 0.591. The molecule has 0 amide bonds. The fourth-order valence-corrected chi connectivity index (χ4v) is 3.77. The molecule has 1 aromatic heterocycles. The number of hydrogen-bond acceptors (Lipinski definition) is 6. The zero-order valence-electron chi connectivity index (χ0n) is 17.5. The van der Waals surface area contributed by atoms with Gasteiger partial charge in [-0.05, 0) is 50.1 Å². The molecule has 1 aliphatic rings. The molecule has 3 rings (SSSR count). The van der Waals surface area contributed by atoms with Crippen molar-refractivity contribution in [2.75, 3.05) is 47.0 Å². The normalized spacial score (nSPS) is 20.2. The van der Waals surface area contributed by atoms with Crippen LogP contribution in [0.15, 0.2) is 35.1 Å². The van der Waals surface area contributed by atoms with Crippen LogP contribution in [0, 0.1) is 0 Å². The van der Waals surface area contributed by atoms with Gasteiger partial charge in [0.2, 0.25) is 5.56 Å². The predicted molar refractivity (Wildman–Crippen MR) is 115 cm³/mol. The van der Waals surface area contributed by atoms with Gasteiger partial charge in [-0.2, -0.15) is 0 Å². The Kier molecular flexibility index (Phi) is 8.49. The van der Waals surface area contributed by atoms with Crippen molar-refractivity contribution in [2.24, 2.45) is 0 Å². The number of aromatic nitrogens is 1. The van der Waals surface area contributed by atoms with E-state index >= 15 is 0 Å². The van der Waals surface area contributed by atoms with E-state index in [9.17, 15) is 4.79 Å². The van der Waals surface area contributed by atoms with Gasteiger partial charge < -0.3 is 24.5 Å². The number of likely N-dealkylation sites (tertiary alicyclic amines) is 1. The predicted octanol–water partition coefficient (Wildman–Crippen LogP) is 2.36. The molecular formula is C22H33N3O4. The van der Waals surface area contributed by atoms with E-state index in [1.54, 1.807) is 14.2 Å². The Balaban J connectivity index is 1.27. The van der Waals surface area contributed by atoms with E-state index in [-0.39, 0.29) is 11.8 Å². The highest BCUT2D eigenvalue weighted by Gasteiger charge is 2.27. The van der Waals surface area contributed by atoms with Gasteiger partial charge in [0.05, 0.1) is 12.7 Å². The highest BCUT2D eigenvalue weighted by molar-refractivity contribution is 5.79. The maximum atomic E-state index is 11.3. The summed E-state index contributed by atoms with van der Waals surface area (Å²) in [5.41, 5.74) is 0.743. The zero-order valence-corrected chi connectivity index (χ0v) is 17.5. The summed E-state index contributed by atoms with van der Waals surface area (Å²) in [6.45, 7) is 4.64. The van der Waals surface area contributed by atoms with Crippen LogP contribution in [0.3, 0.4) is 0 Å². The number of rotatable bonds is 11. The number of pyridine rings is 1. The second-order valence-electron chi connectivity index (χ2n) is 7.49. The van der Waals surface area contributed by atoms with Gasteiger partial charge in [-0.3, -0.25) is 9.69 Å². The van der Waals surface area contributed by atoms with E-state index in [1.807, 2.05) is 24.3 Å². The summed E-state index contributed by atoms with van der Waals surface area (Å²) in [7, 11) is 3.55. The van der Waals surface area contributed by atoms with Gasteiger partial charge in [-0.25, -0.2) is 0 Å². The lowest BCUT2D eigenvalue weighted by atomic mass is 10.1. The maximum absolute atomic E-state index is 11.3. The van der Waals surface area contributed by atoms with Crippen molar-refractivity contribution >= 4 is 10.9 Å². The van der Waals surface area contributed by atoms with Crippen molar-refractivity contribution < 1.29 is 14.2 Å². The molecule has 1 fully saturated rings. The van der Waals surface area contributed by atoms with Crippen molar-refractivity contribution in [3.05, 3.63) is 40.7 Å². The van der Waals surface area contributed by atoms with Gasteiger partial charge in [0.25, 0.3) is 0 Å². The summed E-state index contributed by atoms with van der Waals surface area (Å²) in [6.07, 6.45) is 4.54. The molecule has 0 bridgehead atoms. The molecule has 2 heterocycles. The molecule has 2 unspecified atom stereocenters. The molecule has 1 aromatic carbocycles. The molecule has 7 nitrogen and oxygen atoms in total. The SMILES string of the molecule is COC1CCN(CCNCCCCOc2ccc3[nH]c(=O)ccc3c2)C(OC)C1. The lowest BCUT2D eigenvalue weighted by Gasteiger charge is -2.37. The fourth-order valence-electron chi connectivity index (χ4n) is 3.77. The van der Waals surface area contributed by atoms with Crippen molar-refractivity contribution in [3.63, 3.8) is 0 Å². The third-order valence-electron chi connectivity index (χ3n) is 5.50. The summed E-state index contributed by atoms with van der Waals surface area (Å²) in [5.74, 6) is 0.836. The number of unbranched alkanes of at least 4 members (excludes halogenated alkanes) is 1. The van der Waals surface area contributed by atoms with E-state index in [2.05, 4.69) is 15.2 Å². The van der Waals surface area contributed by atoms with Crippen LogP contribution in [0.4, 0.5) is 0 Å². The van der Waals surface area contributed by atoms with Gasteiger partial charge in [-0.15, -0.1) is 0 Å². The van der Waals surface area contributed by atoms with Crippen LogP contribution in [0.1, 0.15) is 25.7 Å². The topological polar surface area (TPSA) is 75.8 Å². The number of ether oxygens (including phenoxy) is 3. The molecule has 29 heavy (non-hydrogen) atoms. The Morgan fingerprint density at radius 3 is 2.86 bits per heavy atom. The molecular weight excluding hydrogens is 370 g/mol. The third kappa shape index (κ3) is 6.54. The van der Waals surface area contributed by atoms with E-state index in [4.69, 9.17) is 14.2 Å². The first-order chi connectivity index (χ1) is 14.2. The summed E-state index contributed by atoms with van der Waals surface area (Å²) in [4.78, 5) is 16.5. The Morgan fingerprint density at radius 1 is 1.14 bits per heavy atom. The molecule has 2 N–H and O–H groups in total. The first kappa shape index (κ1) is 21.8. The number of piperidine rings is 1. The number of fused-ring (bicyclic) bond motifs is 1. The summed E-state index contributed by atoms with van der Waals surface area (Å²) in [6, 6.07) is 9.09. The van der Waals surface area contributed by atoms with Crippen LogP contribution in [0.25, 0.3) is 10.9 Å². The van der Waals surface area contributed by atoms with E-state index in [0.717, 1.165) is 68.5 Å². The molecule has 160 valence electrons. The lowest BCUT2D eigenvalue weighted by Crippen LogP contribution is -2.48. The summed E-state index contributed by atoms with van der Waals surface area (Å²) < 4.78 is 16.9. The molecule has 0 aliphatic carbocycles. The molecule has 2 aromatic rings. The maximum Gasteiger partial charge on any atom is 0.248 e. The van der Waals surface area contributed by atoms with Crippen LogP contribution in [-0.4, -0.2) is 69.2 Å². The number of nitrogens with one attached hydrogen (secondary N) is 2. The smallest absolute Gasteiger partial charge is 0.248 e. The number of nitrogens with zero attached hydrogens (tertiary/aromatic N) is 1. The Hall–Kier alpha value is -1.93. The molecule has 1 saturated heterocycles. The zero-order chi connectivity index (χ0) is 20.5. The number of aromatic amines is 1. The quantitative estimate of drug-likeness (QED) is 0.561. The molecule has 0 radical (unpaired) electrons. The summed E-state index contributed by atoms with van der Waals surface area (Å²) in [5, 5.41) is 4.49. The lowest BCUT2D eigenvalue weighted by molar-refractivity contribution is -0.0976. The Bertz CT molecular complexity index is 810. The number of benzene rings is 1. The highest BCUT2D eigenvalue weighted by Crippen LogP contribution is 2.20. The van der Waals surface area contributed by atoms with Crippen molar-refractivity contribution in [1.82, 2.24) is 15.2 Å².